The molecule has 0 unspecified atom stereocenters. The van der Waals surface area contributed by atoms with E-state index in [0.29, 0.717) is 5.56 Å². The fourth-order valence-corrected chi connectivity index (χ4v) is 2.05. The molecule has 0 saturated carbocycles. The van der Waals surface area contributed by atoms with Crippen LogP contribution in [0.4, 0.5) is 11.4 Å². The number of anilines is 2. The van der Waals surface area contributed by atoms with E-state index in [-0.39, 0.29) is 0 Å². The lowest BCUT2D eigenvalue weighted by Crippen LogP contribution is -2.10. The third kappa shape index (κ3) is 2.74. The highest BCUT2D eigenvalue weighted by atomic mass is 16.5. The summed E-state index contributed by atoms with van der Waals surface area (Å²) < 4.78 is 5.13. The quantitative estimate of drug-likeness (QED) is 0.925. The number of nitrogens with zero attached hydrogens (tertiary/aromatic N) is 1. The van der Waals surface area contributed by atoms with Gasteiger partial charge in [0, 0.05) is 18.4 Å². The van der Waals surface area contributed by atoms with Crippen LogP contribution in [0.1, 0.15) is 15.9 Å². The van der Waals surface area contributed by atoms with Crippen molar-refractivity contribution in [2.45, 2.75) is 6.92 Å². The van der Waals surface area contributed by atoms with Gasteiger partial charge in [0.05, 0.1) is 12.7 Å². The molecule has 4 nitrogen and oxygen atoms in total. The second-order valence-electron chi connectivity index (χ2n) is 4.56. The first-order chi connectivity index (χ1) is 9.52. The number of carbonyl (C=O) groups is 1. The van der Waals surface area contributed by atoms with Crippen molar-refractivity contribution in [3.8, 4) is 5.75 Å². The van der Waals surface area contributed by atoms with Gasteiger partial charge in [-0.05, 0) is 55.0 Å². The number of rotatable bonds is 4. The molecule has 4 heteroatoms. The molecule has 0 saturated heterocycles. The van der Waals surface area contributed by atoms with Crippen LogP contribution >= 0.6 is 0 Å². The van der Waals surface area contributed by atoms with Crippen molar-refractivity contribution in [3.63, 3.8) is 0 Å². The molecule has 104 valence electrons. The van der Waals surface area contributed by atoms with Crippen molar-refractivity contribution < 1.29 is 14.6 Å². The number of hydrogen-bond donors (Lipinski definition) is 1. The molecular formula is C16H17NO3. The Labute approximate surface area is 118 Å². The number of hydrogen-bond acceptors (Lipinski definition) is 3. The second-order valence-corrected chi connectivity index (χ2v) is 4.56. The molecule has 2 aromatic rings. The Morgan fingerprint density at radius 3 is 2.20 bits per heavy atom. The molecule has 0 amide bonds. The molecule has 0 aliphatic rings. The smallest absolute Gasteiger partial charge is 0.335 e. The van der Waals surface area contributed by atoms with Gasteiger partial charge < -0.3 is 14.7 Å². The van der Waals surface area contributed by atoms with Crippen LogP contribution in [-0.4, -0.2) is 25.2 Å². The molecule has 0 spiro atoms. The van der Waals surface area contributed by atoms with Crippen LogP contribution in [-0.2, 0) is 0 Å². The number of carboxylic acid groups (broad SMARTS) is 1. The van der Waals surface area contributed by atoms with Crippen molar-refractivity contribution in [2.75, 3.05) is 19.1 Å². The predicted molar refractivity (Wildman–Crippen MR) is 79.2 cm³/mol. The van der Waals surface area contributed by atoms with E-state index in [1.807, 2.05) is 42.3 Å². The highest BCUT2D eigenvalue weighted by Gasteiger charge is 2.10. The third-order valence-electron chi connectivity index (χ3n) is 3.29. The Morgan fingerprint density at radius 2 is 1.70 bits per heavy atom. The van der Waals surface area contributed by atoms with Gasteiger partial charge in [-0.2, -0.15) is 0 Å². The van der Waals surface area contributed by atoms with Crippen LogP contribution < -0.4 is 9.64 Å². The Bertz CT molecular complexity index is 620. The lowest BCUT2D eigenvalue weighted by atomic mass is 10.1. The zero-order valence-electron chi connectivity index (χ0n) is 11.8. The summed E-state index contributed by atoms with van der Waals surface area (Å²) in [5.74, 6) is -0.0966. The van der Waals surface area contributed by atoms with Gasteiger partial charge in [-0.3, -0.25) is 0 Å². The van der Waals surface area contributed by atoms with E-state index in [1.54, 1.807) is 26.2 Å². The highest BCUT2D eigenvalue weighted by molar-refractivity contribution is 5.90. The fourth-order valence-electron chi connectivity index (χ4n) is 2.05. The van der Waals surface area contributed by atoms with E-state index in [4.69, 9.17) is 9.84 Å². The Hall–Kier alpha value is -2.49. The van der Waals surface area contributed by atoms with Crippen LogP contribution in [0.15, 0.2) is 42.5 Å². The summed E-state index contributed by atoms with van der Waals surface area (Å²) in [6.45, 7) is 1.80. The van der Waals surface area contributed by atoms with E-state index < -0.39 is 5.97 Å². The minimum absolute atomic E-state index is 0.330. The van der Waals surface area contributed by atoms with Crippen LogP contribution in [0.3, 0.4) is 0 Å². The molecule has 0 bridgehead atoms. The molecule has 2 rings (SSSR count). The Balaban J connectivity index is 2.30. The highest BCUT2D eigenvalue weighted by Crippen LogP contribution is 2.27. The monoisotopic (exact) mass is 271 g/mol. The molecule has 2 aromatic carbocycles. The van der Waals surface area contributed by atoms with E-state index in [0.717, 1.165) is 22.7 Å². The maximum Gasteiger partial charge on any atom is 0.335 e. The molecule has 0 aliphatic heterocycles. The molecule has 0 fully saturated rings. The van der Waals surface area contributed by atoms with Crippen molar-refractivity contribution in [3.05, 3.63) is 53.6 Å². The van der Waals surface area contributed by atoms with Crippen molar-refractivity contribution in [2.24, 2.45) is 0 Å². The lowest BCUT2D eigenvalue weighted by Gasteiger charge is -2.20. The van der Waals surface area contributed by atoms with Crippen molar-refractivity contribution in [1.29, 1.82) is 0 Å². The summed E-state index contributed by atoms with van der Waals surface area (Å²) in [5, 5.41) is 9.04. The van der Waals surface area contributed by atoms with Gasteiger partial charge in [-0.25, -0.2) is 4.79 Å². The molecule has 1 N–H and O–H groups in total. The molecule has 0 heterocycles. The zero-order chi connectivity index (χ0) is 14.7. The van der Waals surface area contributed by atoms with Gasteiger partial charge in [-0.15, -0.1) is 0 Å². The normalized spacial score (nSPS) is 10.2. The number of aryl methyl sites for hydroxylation is 1. The number of benzene rings is 2. The average molecular weight is 271 g/mol. The fraction of sp³-hybridized carbons (Fsp3) is 0.188. The number of ether oxygens (including phenoxy) is 1. The summed E-state index contributed by atoms with van der Waals surface area (Å²) in [6, 6.07) is 13.0. The van der Waals surface area contributed by atoms with Crippen molar-refractivity contribution in [1.82, 2.24) is 0 Å². The number of carboxylic acids is 1. The van der Waals surface area contributed by atoms with E-state index >= 15 is 0 Å². The predicted octanol–water partition coefficient (Wildman–Crippen LogP) is 3.47. The van der Waals surface area contributed by atoms with Gasteiger partial charge in [0.25, 0.3) is 0 Å². The van der Waals surface area contributed by atoms with Crippen LogP contribution in [0.25, 0.3) is 0 Å². The molecule has 0 radical (unpaired) electrons. The lowest BCUT2D eigenvalue weighted by molar-refractivity contribution is 0.0696. The van der Waals surface area contributed by atoms with Gasteiger partial charge in [-0.1, -0.05) is 0 Å². The van der Waals surface area contributed by atoms with Crippen LogP contribution in [0, 0.1) is 6.92 Å². The topological polar surface area (TPSA) is 49.8 Å². The van der Waals surface area contributed by atoms with Gasteiger partial charge >= 0.3 is 5.97 Å². The Kier molecular flexibility index (Phi) is 3.94. The summed E-state index contributed by atoms with van der Waals surface area (Å²) in [4.78, 5) is 13.0. The molecule has 0 aromatic heterocycles. The minimum Gasteiger partial charge on any atom is -0.497 e. The summed E-state index contributed by atoms with van der Waals surface area (Å²) in [7, 11) is 3.57. The second kappa shape index (κ2) is 5.65. The molecule has 20 heavy (non-hydrogen) atoms. The maximum absolute atomic E-state index is 11.0. The largest absolute Gasteiger partial charge is 0.497 e. The summed E-state index contributed by atoms with van der Waals surface area (Å²) in [6.07, 6.45) is 0. The SMILES string of the molecule is COc1ccc(N(C)c2ccc(C(=O)O)c(C)c2)cc1. The summed E-state index contributed by atoms with van der Waals surface area (Å²) in [5.41, 5.74) is 3.03. The standard InChI is InChI=1S/C16H17NO3/c1-11-10-13(6-9-15(11)16(18)19)17(2)12-4-7-14(20-3)8-5-12/h4-10H,1-3H3,(H,18,19). The third-order valence-corrected chi connectivity index (χ3v) is 3.29. The van der Waals surface area contributed by atoms with E-state index in [2.05, 4.69) is 0 Å². The summed E-state index contributed by atoms with van der Waals surface area (Å²) >= 11 is 0. The minimum atomic E-state index is -0.902. The number of aromatic carboxylic acids is 1. The van der Waals surface area contributed by atoms with Gasteiger partial charge in [0.1, 0.15) is 5.75 Å². The van der Waals surface area contributed by atoms with Gasteiger partial charge in [0.15, 0.2) is 0 Å². The molecular weight excluding hydrogens is 254 g/mol. The average Bonchev–Trinajstić information content (AvgIpc) is 2.46. The first kappa shape index (κ1) is 13.9. The maximum atomic E-state index is 11.0. The first-order valence-corrected chi connectivity index (χ1v) is 6.24. The first-order valence-electron chi connectivity index (χ1n) is 6.24. The zero-order valence-corrected chi connectivity index (χ0v) is 11.8. The molecule has 0 aliphatic carbocycles. The number of methoxy groups -OCH3 is 1. The Morgan fingerprint density at radius 1 is 1.10 bits per heavy atom. The van der Waals surface area contributed by atoms with Crippen molar-refractivity contribution >= 4 is 17.3 Å². The van der Waals surface area contributed by atoms with Crippen LogP contribution in [0.2, 0.25) is 0 Å². The van der Waals surface area contributed by atoms with E-state index in [1.165, 1.54) is 0 Å². The van der Waals surface area contributed by atoms with Crippen LogP contribution in [0.5, 0.6) is 5.75 Å². The van der Waals surface area contributed by atoms with E-state index in [9.17, 15) is 4.79 Å². The molecule has 0 atom stereocenters. The van der Waals surface area contributed by atoms with Gasteiger partial charge in [0.2, 0.25) is 0 Å².